The quantitative estimate of drug-likeness (QED) is 0.213. The van der Waals surface area contributed by atoms with E-state index >= 15 is 0 Å². The summed E-state index contributed by atoms with van der Waals surface area (Å²) in [7, 11) is 5.30. The predicted octanol–water partition coefficient (Wildman–Crippen LogP) is 3.99. The van der Waals surface area contributed by atoms with Crippen LogP contribution in [0.15, 0.2) is 73.3 Å². The molecule has 47 heavy (non-hydrogen) atoms. The lowest BCUT2D eigenvalue weighted by molar-refractivity contribution is 0.0383. The smallest absolute Gasteiger partial charge is 0.272 e. The number of ether oxygens (including phenoxy) is 1. The molecule has 0 unspecified atom stereocenters. The largest absolute Gasteiger partial charge is 0.379 e. The number of hydrogen-bond acceptors (Lipinski definition) is 6. The van der Waals surface area contributed by atoms with Crippen LogP contribution < -0.4 is 16.0 Å². The molecule has 242 valence electrons. The van der Waals surface area contributed by atoms with E-state index in [9.17, 15) is 14.4 Å². The molecule has 3 amide bonds. The lowest BCUT2D eigenvalue weighted by atomic mass is 10.1. The van der Waals surface area contributed by atoms with Crippen LogP contribution in [0.1, 0.15) is 42.6 Å². The Bertz CT molecular complexity index is 1960. The third kappa shape index (κ3) is 7.51. The number of amides is 3. The van der Waals surface area contributed by atoms with Gasteiger partial charge in [0, 0.05) is 77.5 Å². The van der Waals surface area contributed by atoms with Gasteiger partial charge in [-0.1, -0.05) is 30.4 Å². The normalized spacial score (nSPS) is 13.7. The number of nitrogens with one attached hydrogen (secondary N) is 3. The molecule has 5 heterocycles. The first-order valence-corrected chi connectivity index (χ1v) is 15.5. The fourth-order valence-corrected chi connectivity index (χ4v) is 5.63. The Hall–Kier alpha value is -5.46. The summed E-state index contributed by atoms with van der Waals surface area (Å²) in [5.41, 5.74) is 5.00. The lowest BCUT2D eigenvalue weighted by Crippen LogP contribution is -2.41. The average molecular weight is 635 g/mol. The first kappa shape index (κ1) is 31.5. The van der Waals surface area contributed by atoms with Crippen molar-refractivity contribution in [3.05, 3.63) is 102 Å². The second-order valence-corrected chi connectivity index (χ2v) is 11.6. The molecule has 3 N–H and O–H groups in total. The maximum absolute atomic E-state index is 13.2. The third-order valence-electron chi connectivity index (χ3n) is 8.15. The molecule has 1 fully saturated rings. The Kier molecular flexibility index (Phi) is 9.32. The molecule has 1 saturated heterocycles. The average Bonchev–Trinajstić information content (AvgIpc) is 3.75. The number of para-hydroxylation sites is 1. The molecule has 4 aromatic heterocycles. The van der Waals surface area contributed by atoms with E-state index in [4.69, 9.17) is 4.74 Å². The van der Waals surface area contributed by atoms with Gasteiger partial charge in [-0.15, -0.1) is 0 Å². The van der Waals surface area contributed by atoms with Crippen LogP contribution in [0.5, 0.6) is 0 Å². The summed E-state index contributed by atoms with van der Waals surface area (Å²) in [5.74, 6) is -0.882. The molecule has 6 rings (SSSR count). The minimum absolute atomic E-state index is 0.213. The van der Waals surface area contributed by atoms with Gasteiger partial charge < -0.3 is 34.4 Å². The summed E-state index contributed by atoms with van der Waals surface area (Å²) in [6.45, 7) is 4.41. The van der Waals surface area contributed by atoms with Crippen LogP contribution in [-0.4, -0.2) is 80.7 Å². The number of pyridine rings is 1. The van der Waals surface area contributed by atoms with Crippen molar-refractivity contribution in [2.24, 2.45) is 21.1 Å². The van der Waals surface area contributed by atoms with Gasteiger partial charge >= 0.3 is 0 Å². The van der Waals surface area contributed by atoms with E-state index < -0.39 is 0 Å². The molecular weight excluding hydrogens is 596 g/mol. The zero-order valence-corrected chi connectivity index (χ0v) is 26.7. The van der Waals surface area contributed by atoms with Gasteiger partial charge in [-0.2, -0.15) is 0 Å². The molecule has 0 atom stereocenters. The molecule has 0 saturated carbocycles. The molecule has 0 aliphatic carbocycles. The summed E-state index contributed by atoms with van der Waals surface area (Å²) in [6.07, 6.45) is 11.0. The highest BCUT2D eigenvalue weighted by Crippen LogP contribution is 2.20. The van der Waals surface area contributed by atoms with Gasteiger partial charge in [0.05, 0.1) is 30.1 Å². The number of hydrogen-bond donors (Lipinski definition) is 3. The van der Waals surface area contributed by atoms with Gasteiger partial charge in [0.2, 0.25) is 0 Å². The van der Waals surface area contributed by atoms with E-state index in [1.54, 1.807) is 52.3 Å². The van der Waals surface area contributed by atoms with Crippen molar-refractivity contribution in [3.63, 3.8) is 0 Å². The summed E-state index contributed by atoms with van der Waals surface area (Å²) in [6, 6.07) is 15.1. The van der Waals surface area contributed by atoms with E-state index in [2.05, 4.69) is 31.9 Å². The highest BCUT2D eigenvalue weighted by atomic mass is 16.5. The van der Waals surface area contributed by atoms with Gasteiger partial charge in [0.15, 0.2) is 0 Å². The van der Waals surface area contributed by atoms with E-state index in [0.717, 1.165) is 41.7 Å². The van der Waals surface area contributed by atoms with Crippen LogP contribution in [0.2, 0.25) is 0 Å². The number of anilines is 2. The third-order valence-corrected chi connectivity index (χ3v) is 8.15. The van der Waals surface area contributed by atoms with Crippen LogP contribution in [-0.2, 0) is 25.9 Å². The molecule has 5 aromatic rings. The number of morpholine rings is 1. The van der Waals surface area contributed by atoms with Gasteiger partial charge in [-0.05, 0) is 41.5 Å². The molecule has 1 aromatic carbocycles. The Morgan fingerprint density at radius 1 is 0.766 bits per heavy atom. The van der Waals surface area contributed by atoms with Crippen molar-refractivity contribution in [2.75, 3.05) is 50.0 Å². The van der Waals surface area contributed by atoms with Crippen molar-refractivity contribution < 1.29 is 19.1 Å². The van der Waals surface area contributed by atoms with Crippen molar-refractivity contribution >= 4 is 52.2 Å². The highest BCUT2D eigenvalue weighted by molar-refractivity contribution is 6.07. The van der Waals surface area contributed by atoms with Gasteiger partial charge in [-0.25, -0.2) is 0 Å². The maximum atomic E-state index is 13.2. The van der Waals surface area contributed by atoms with Crippen molar-refractivity contribution in [3.8, 4) is 0 Å². The summed E-state index contributed by atoms with van der Waals surface area (Å²) >= 11 is 0. The molecule has 12 nitrogen and oxygen atoms in total. The van der Waals surface area contributed by atoms with Gasteiger partial charge in [-0.3, -0.25) is 24.3 Å². The molecule has 1 aliphatic rings. The summed E-state index contributed by atoms with van der Waals surface area (Å²) in [4.78, 5) is 45.9. The van der Waals surface area contributed by atoms with Crippen LogP contribution in [0.3, 0.4) is 0 Å². The fraction of sp³-hybridized carbons (Fsp3) is 0.257. The number of aryl methyl sites for hydroxylation is 3. The lowest BCUT2D eigenvalue weighted by Gasteiger charge is -2.26. The number of carbonyl (C=O) groups is 3. The first-order chi connectivity index (χ1) is 22.7. The Balaban J connectivity index is 1.05. The molecule has 1 aliphatic heterocycles. The maximum Gasteiger partial charge on any atom is 0.272 e. The number of fused-ring (bicyclic) bond motifs is 1. The second-order valence-electron chi connectivity index (χ2n) is 11.6. The molecule has 0 bridgehead atoms. The Labute approximate surface area is 272 Å². The zero-order valence-electron chi connectivity index (χ0n) is 26.7. The van der Waals surface area contributed by atoms with Crippen LogP contribution in [0.25, 0.3) is 23.1 Å². The number of aromatic nitrogens is 4. The Morgan fingerprint density at radius 2 is 1.36 bits per heavy atom. The van der Waals surface area contributed by atoms with Crippen molar-refractivity contribution in [1.29, 1.82) is 0 Å². The van der Waals surface area contributed by atoms with Crippen LogP contribution in [0, 0.1) is 0 Å². The number of benzene rings is 1. The van der Waals surface area contributed by atoms with Gasteiger partial charge in [0.25, 0.3) is 17.7 Å². The fourth-order valence-electron chi connectivity index (χ4n) is 5.63. The number of rotatable bonds is 10. The molecule has 12 heteroatoms. The standard InChI is InChI=1S/C35H38N8O4/c1-40-21-25(9-8-24-16-26-6-4-5-7-29(26)37-20-24)17-30(40)34(45)38-28-19-32(42(3)23-28)35(46)39-27-18-31(41(2)22-27)33(44)36-10-11-43-12-14-47-15-13-43/h4-9,16-23H,10-15H2,1-3H3,(H,36,44)(H,38,45)(H,39,46)/b9-8+. The summed E-state index contributed by atoms with van der Waals surface area (Å²) < 4.78 is 10.4. The topological polar surface area (TPSA) is 127 Å². The van der Waals surface area contributed by atoms with E-state index in [1.807, 2.05) is 61.9 Å². The van der Waals surface area contributed by atoms with Crippen LogP contribution >= 0.6 is 0 Å². The molecule has 0 spiro atoms. The second kappa shape index (κ2) is 13.9. The molecular formula is C35H38N8O4. The van der Waals surface area contributed by atoms with Gasteiger partial charge in [0.1, 0.15) is 17.1 Å². The van der Waals surface area contributed by atoms with Crippen molar-refractivity contribution in [1.82, 2.24) is 28.9 Å². The van der Waals surface area contributed by atoms with E-state index in [1.165, 1.54) is 0 Å². The number of nitrogens with zero attached hydrogens (tertiary/aromatic N) is 5. The predicted molar refractivity (Wildman–Crippen MR) is 182 cm³/mol. The van der Waals surface area contributed by atoms with E-state index in [0.29, 0.717) is 48.2 Å². The summed E-state index contributed by atoms with van der Waals surface area (Å²) in [5, 5.41) is 9.76. The SMILES string of the molecule is Cn1cc(NC(=O)c2cc(NC(=O)c3cc(/C=C/c4cnc5ccccc5c4)cn3C)cn2C)cc1C(=O)NCCN1CCOCC1. The Morgan fingerprint density at radius 3 is 2.06 bits per heavy atom. The number of carbonyl (C=O) groups excluding carboxylic acids is 3. The van der Waals surface area contributed by atoms with E-state index in [-0.39, 0.29) is 17.7 Å². The first-order valence-electron chi connectivity index (χ1n) is 15.5. The minimum atomic E-state index is -0.368. The van der Waals surface area contributed by atoms with Crippen molar-refractivity contribution in [2.45, 2.75) is 0 Å². The van der Waals surface area contributed by atoms with Crippen LogP contribution in [0.4, 0.5) is 11.4 Å². The zero-order chi connectivity index (χ0) is 32.9. The highest BCUT2D eigenvalue weighted by Gasteiger charge is 2.19. The molecule has 0 radical (unpaired) electrons. The minimum Gasteiger partial charge on any atom is -0.379 e. The monoisotopic (exact) mass is 634 g/mol.